The zero-order chi connectivity index (χ0) is 7.12. The van der Waals surface area contributed by atoms with E-state index in [4.69, 9.17) is 0 Å². The van der Waals surface area contributed by atoms with E-state index in [2.05, 4.69) is 74.1 Å². The quantitative estimate of drug-likeness (QED) is 0.489. The highest BCUT2D eigenvalue weighted by molar-refractivity contribution is 10.6. The maximum Gasteiger partial charge on any atom is 0.00353 e. The summed E-state index contributed by atoms with van der Waals surface area (Å²) in [5.41, 5.74) is 0. The SMILES string of the molecule is CCS(Br)(Br)(Br)(Br)Br. The van der Waals surface area contributed by atoms with Crippen LogP contribution in [-0.4, -0.2) is 5.75 Å². The third-order valence-electron chi connectivity index (χ3n) is 0.546. The van der Waals surface area contributed by atoms with E-state index >= 15 is 0 Å². The summed E-state index contributed by atoms with van der Waals surface area (Å²) in [6, 6.07) is 0. The van der Waals surface area contributed by atoms with E-state index in [9.17, 15) is 0 Å². The standard InChI is InChI=1S/C2H5Br5S/c1-2-8(3,4,5,6)7/h2H2,1H3. The lowest BCUT2D eigenvalue weighted by Gasteiger charge is -2.52. The van der Waals surface area contributed by atoms with Gasteiger partial charge >= 0.3 is 0 Å². The van der Waals surface area contributed by atoms with Crippen LogP contribution in [0, 0.1) is 0 Å². The monoisotopic (exact) mass is 456 g/mol. The lowest BCUT2D eigenvalue weighted by atomic mass is 11.0. The molecule has 0 atom stereocenters. The molecule has 0 unspecified atom stereocenters. The van der Waals surface area contributed by atoms with Gasteiger partial charge in [-0.05, 0) is 74.1 Å². The van der Waals surface area contributed by atoms with Gasteiger partial charge in [0.25, 0.3) is 0 Å². The van der Waals surface area contributed by atoms with Crippen LogP contribution in [0.4, 0.5) is 0 Å². The molecule has 0 heterocycles. The molecule has 0 spiro atoms. The average Bonchev–Trinajstić information content (AvgIpc) is 1.30. The number of hydrogen-bond donors (Lipinski definition) is 0. The van der Waals surface area contributed by atoms with Crippen LogP contribution in [0.3, 0.4) is 0 Å². The smallest absolute Gasteiger partial charge is 0.00353 e. The lowest BCUT2D eigenvalue weighted by Crippen LogP contribution is -1.94. The van der Waals surface area contributed by atoms with Gasteiger partial charge in [0.15, 0.2) is 0 Å². The topological polar surface area (TPSA) is 0 Å². The molecule has 0 aromatic carbocycles. The molecule has 0 nitrogen and oxygen atoms in total. The van der Waals surface area contributed by atoms with Crippen molar-refractivity contribution < 1.29 is 0 Å². The van der Waals surface area contributed by atoms with Gasteiger partial charge in [0.2, 0.25) is 0 Å². The van der Waals surface area contributed by atoms with E-state index in [0.29, 0.717) is 0 Å². The van der Waals surface area contributed by atoms with Crippen LogP contribution < -0.4 is 0 Å². The highest BCUT2D eigenvalue weighted by atomic mass is 80.0. The van der Waals surface area contributed by atoms with E-state index in [1.165, 1.54) is 0 Å². The Labute approximate surface area is 85.8 Å². The highest BCUT2D eigenvalue weighted by Gasteiger charge is 2.46. The van der Waals surface area contributed by atoms with Gasteiger partial charge in [0.05, 0.1) is 0 Å². The second kappa shape index (κ2) is 2.12. The first-order chi connectivity index (χ1) is 3.04. The van der Waals surface area contributed by atoms with Gasteiger partial charge in [-0.25, -0.2) is 0 Å². The van der Waals surface area contributed by atoms with Crippen molar-refractivity contribution in [1.29, 1.82) is 0 Å². The summed E-state index contributed by atoms with van der Waals surface area (Å²) in [5.74, 6) is 0.903. The molecule has 0 N–H and O–H groups in total. The van der Waals surface area contributed by atoms with Crippen molar-refractivity contribution in [3.05, 3.63) is 0 Å². The van der Waals surface area contributed by atoms with Crippen molar-refractivity contribution >= 4 is 74.5 Å². The highest BCUT2D eigenvalue weighted by Crippen LogP contribution is 3.15. The summed E-state index contributed by atoms with van der Waals surface area (Å²) < 4.78 is -2.44. The first-order valence-corrected chi connectivity index (χ1v) is 13.6. The Kier molecular flexibility index (Phi) is 2.85. The predicted octanol–water partition coefficient (Wildman–Crippen LogP) is 5.43. The van der Waals surface area contributed by atoms with Crippen LogP contribution in [0.1, 0.15) is 6.92 Å². The van der Waals surface area contributed by atoms with Crippen molar-refractivity contribution in [1.82, 2.24) is 0 Å². The predicted molar refractivity (Wildman–Crippen MR) is 62.8 cm³/mol. The van der Waals surface area contributed by atoms with Crippen LogP contribution >= 0.6 is 74.5 Å². The first-order valence-electron chi connectivity index (χ1n) is 1.77. The van der Waals surface area contributed by atoms with E-state index in [1.54, 1.807) is 0 Å². The molecule has 0 aliphatic carbocycles. The van der Waals surface area contributed by atoms with Crippen molar-refractivity contribution in [2.75, 3.05) is 5.75 Å². The van der Waals surface area contributed by atoms with Gasteiger partial charge in [-0.3, -0.25) is 0 Å². The summed E-state index contributed by atoms with van der Waals surface area (Å²) >= 11 is 17.4. The fourth-order valence-electron chi connectivity index (χ4n) is 0. The molecule has 0 amide bonds. The summed E-state index contributed by atoms with van der Waals surface area (Å²) in [6.07, 6.45) is 0. The molecule has 54 valence electrons. The minimum Gasteiger partial charge on any atom is -0.0553 e. The average molecular weight is 461 g/mol. The molecule has 8 heavy (non-hydrogen) atoms. The van der Waals surface area contributed by atoms with E-state index in [0.717, 1.165) is 5.75 Å². The van der Waals surface area contributed by atoms with Crippen LogP contribution in [-0.2, 0) is 0 Å². The van der Waals surface area contributed by atoms with Gasteiger partial charge in [0.1, 0.15) is 0 Å². The van der Waals surface area contributed by atoms with Gasteiger partial charge in [-0.15, -0.1) is 0 Å². The third-order valence-corrected chi connectivity index (χ3v) is 8.50. The lowest BCUT2D eigenvalue weighted by molar-refractivity contribution is 1.53. The Morgan fingerprint density at radius 1 is 1.00 bits per heavy atom. The fraction of sp³-hybridized carbons (Fsp3) is 1.00. The summed E-state index contributed by atoms with van der Waals surface area (Å²) in [7, 11) is 0. The van der Waals surface area contributed by atoms with Crippen LogP contribution in [0.25, 0.3) is 0 Å². The second-order valence-corrected chi connectivity index (χ2v) is 56.6. The van der Waals surface area contributed by atoms with Gasteiger partial charge in [-0.1, -0.05) is 7.39 Å². The Morgan fingerprint density at radius 2 is 1.12 bits per heavy atom. The minimum absolute atomic E-state index is 0.903. The summed E-state index contributed by atoms with van der Waals surface area (Å²) in [4.78, 5) is 0. The van der Waals surface area contributed by atoms with Crippen LogP contribution in [0.2, 0.25) is 0 Å². The molecule has 0 aromatic heterocycles. The molecule has 0 saturated heterocycles. The Bertz CT molecular complexity index is 93.6. The van der Waals surface area contributed by atoms with Crippen molar-refractivity contribution in [2.45, 2.75) is 6.92 Å². The largest absolute Gasteiger partial charge is 0.0553 e. The molecule has 0 radical (unpaired) electrons. The zero-order valence-corrected chi connectivity index (χ0v) is 12.8. The summed E-state index contributed by atoms with van der Waals surface area (Å²) in [6.45, 7) is 2.04. The number of hydrogen-bond acceptors (Lipinski definition) is 0. The number of rotatable bonds is 1. The van der Waals surface area contributed by atoms with Gasteiger partial charge in [0, 0.05) is 5.75 Å². The molecule has 0 aliphatic heterocycles. The molecular weight excluding hydrogens is 456 g/mol. The van der Waals surface area contributed by atoms with E-state index < -0.39 is 0.461 Å². The molecule has 6 heteroatoms. The molecule has 0 bridgehead atoms. The van der Waals surface area contributed by atoms with Crippen LogP contribution in [0.15, 0.2) is 0 Å². The van der Waals surface area contributed by atoms with Gasteiger partial charge < -0.3 is 0 Å². The molecule has 0 aromatic rings. The van der Waals surface area contributed by atoms with E-state index in [-0.39, 0.29) is 0 Å². The Morgan fingerprint density at radius 3 is 1.12 bits per heavy atom. The normalized spacial score (nSPS) is 21.8. The summed E-state index contributed by atoms with van der Waals surface area (Å²) in [5, 5.41) is 0. The maximum atomic E-state index is 3.47. The number of halogens is 5. The van der Waals surface area contributed by atoms with Gasteiger partial charge in [-0.2, -0.15) is 0 Å². The molecule has 0 saturated carbocycles. The fourth-order valence-corrected chi connectivity index (χ4v) is 0. The van der Waals surface area contributed by atoms with Crippen molar-refractivity contribution in [3.8, 4) is 0 Å². The Balaban J connectivity index is 4.50. The Hall–Kier alpha value is 2.75. The third kappa shape index (κ3) is 8.75. The molecule has 0 rings (SSSR count). The zero-order valence-electron chi connectivity index (χ0n) is 4.01. The maximum absolute atomic E-state index is 3.47. The molecule has 0 aliphatic rings. The van der Waals surface area contributed by atoms with Crippen molar-refractivity contribution in [2.24, 2.45) is 0 Å². The molecular formula is C2H5Br5S. The first kappa shape index (κ1) is 10.8. The van der Waals surface area contributed by atoms with E-state index in [1.807, 2.05) is 6.92 Å². The second-order valence-electron chi connectivity index (χ2n) is 1.42. The van der Waals surface area contributed by atoms with Crippen molar-refractivity contribution in [3.63, 3.8) is 0 Å². The van der Waals surface area contributed by atoms with Crippen LogP contribution in [0.5, 0.6) is 0 Å². The minimum atomic E-state index is -2.44. The molecule has 0 fully saturated rings.